The molecule has 0 saturated heterocycles. The topological polar surface area (TPSA) is 52.3 Å². The molecule has 0 N–H and O–H groups in total. The largest absolute Gasteiger partial charge is 0.435 e. The summed E-state index contributed by atoms with van der Waals surface area (Å²) in [6, 6.07) is 9.04. The molecule has 5 nitrogen and oxygen atoms in total. The Morgan fingerprint density at radius 2 is 2.07 bits per heavy atom. The van der Waals surface area contributed by atoms with E-state index in [0.29, 0.717) is 14.4 Å². The quantitative estimate of drug-likeness (QED) is 0.394. The van der Waals surface area contributed by atoms with Crippen molar-refractivity contribution in [2.24, 2.45) is 12.2 Å². The molecule has 3 aromatic rings. The van der Waals surface area contributed by atoms with Crippen LogP contribution in [0, 0.1) is 0 Å². The minimum absolute atomic E-state index is 0.0592. The second kappa shape index (κ2) is 8.32. The summed E-state index contributed by atoms with van der Waals surface area (Å²) < 4.78 is 41.6. The fourth-order valence-corrected chi connectivity index (χ4v) is 3.95. The van der Waals surface area contributed by atoms with Crippen LogP contribution < -0.4 is 0 Å². The standard InChI is InChI=1S/C16H12ClF3N4OS2/c1-24-14(26-10-5-3-2-4-6-10)12(13(23-24)16(18,19)20)8-22-25-9-11-7-21-15(17)27-11/h2-8H,9H2,1H3/b22-8+. The number of alkyl halides is 3. The number of nitrogens with zero attached hydrogens (tertiary/aromatic N) is 4. The van der Waals surface area contributed by atoms with Gasteiger partial charge in [-0.3, -0.25) is 4.68 Å². The lowest BCUT2D eigenvalue weighted by molar-refractivity contribution is -0.141. The van der Waals surface area contributed by atoms with E-state index < -0.39 is 11.9 Å². The van der Waals surface area contributed by atoms with Crippen LogP contribution in [0.15, 0.2) is 51.6 Å². The van der Waals surface area contributed by atoms with Crippen LogP contribution in [0.1, 0.15) is 16.1 Å². The van der Waals surface area contributed by atoms with Gasteiger partial charge < -0.3 is 4.84 Å². The van der Waals surface area contributed by atoms with Gasteiger partial charge in [-0.05, 0) is 12.1 Å². The fourth-order valence-electron chi connectivity index (χ4n) is 2.11. The van der Waals surface area contributed by atoms with Gasteiger partial charge in [-0.1, -0.05) is 46.7 Å². The Kier molecular flexibility index (Phi) is 6.08. The summed E-state index contributed by atoms with van der Waals surface area (Å²) in [6.07, 6.45) is -2.06. The van der Waals surface area contributed by atoms with Crippen LogP contribution >= 0.6 is 34.7 Å². The molecule has 0 aliphatic rings. The zero-order valence-electron chi connectivity index (χ0n) is 13.8. The highest BCUT2D eigenvalue weighted by atomic mass is 35.5. The molecule has 11 heteroatoms. The number of aryl methyl sites for hydroxylation is 1. The molecule has 0 aliphatic carbocycles. The first kappa shape index (κ1) is 19.7. The molecule has 1 aromatic carbocycles. The van der Waals surface area contributed by atoms with Crippen molar-refractivity contribution < 1.29 is 18.0 Å². The third kappa shape index (κ3) is 5.02. The highest BCUT2D eigenvalue weighted by Gasteiger charge is 2.38. The number of halogens is 4. The smallest absolute Gasteiger partial charge is 0.390 e. The zero-order valence-corrected chi connectivity index (χ0v) is 16.2. The predicted molar refractivity (Wildman–Crippen MR) is 98.3 cm³/mol. The summed E-state index contributed by atoms with van der Waals surface area (Å²) in [6.45, 7) is 0.0592. The Labute approximate surface area is 165 Å². The van der Waals surface area contributed by atoms with Gasteiger partial charge in [0, 0.05) is 18.1 Å². The van der Waals surface area contributed by atoms with Crippen LogP contribution in [0.5, 0.6) is 0 Å². The first-order valence-corrected chi connectivity index (χ1v) is 9.48. The first-order valence-electron chi connectivity index (χ1n) is 7.47. The molecular formula is C16H12ClF3N4OS2. The lowest BCUT2D eigenvalue weighted by Gasteiger charge is -2.05. The third-order valence-electron chi connectivity index (χ3n) is 3.24. The Morgan fingerprint density at radius 1 is 1.33 bits per heavy atom. The second-order valence-electron chi connectivity index (χ2n) is 5.19. The van der Waals surface area contributed by atoms with Crippen LogP contribution in [0.3, 0.4) is 0 Å². The minimum atomic E-state index is -4.61. The molecule has 0 radical (unpaired) electrons. The molecule has 2 aromatic heterocycles. The average molecular weight is 433 g/mol. The molecule has 142 valence electrons. The molecule has 0 atom stereocenters. The third-order valence-corrected chi connectivity index (χ3v) is 5.52. The number of hydrogen-bond acceptors (Lipinski definition) is 6. The van der Waals surface area contributed by atoms with Crippen molar-refractivity contribution in [2.75, 3.05) is 0 Å². The number of hydrogen-bond donors (Lipinski definition) is 0. The maximum Gasteiger partial charge on any atom is 0.435 e. The molecule has 0 amide bonds. The Morgan fingerprint density at radius 3 is 2.70 bits per heavy atom. The zero-order chi connectivity index (χ0) is 19.4. The van der Waals surface area contributed by atoms with E-state index in [4.69, 9.17) is 16.4 Å². The van der Waals surface area contributed by atoms with Gasteiger partial charge in [-0.2, -0.15) is 18.3 Å². The lowest BCUT2D eigenvalue weighted by Crippen LogP contribution is -2.09. The van der Waals surface area contributed by atoms with Crippen molar-refractivity contribution in [2.45, 2.75) is 22.7 Å². The van der Waals surface area contributed by atoms with Crippen molar-refractivity contribution in [1.82, 2.24) is 14.8 Å². The molecule has 27 heavy (non-hydrogen) atoms. The summed E-state index contributed by atoms with van der Waals surface area (Å²) in [5, 5.41) is 7.60. The number of rotatable bonds is 6. The Bertz CT molecular complexity index is 941. The fraction of sp³-hybridized carbons (Fsp3) is 0.188. The van der Waals surface area contributed by atoms with Gasteiger partial charge in [0.05, 0.1) is 16.7 Å². The first-order chi connectivity index (χ1) is 12.8. The van der Waals surface area contributed by atoms with Crippen LogP contribution in [0.25, 0.3) is 0 Å². The molecule has 0 saturated carbocycles. The summed E-state index contributed by atoms with van der Waals surface area (Å²) >= 11 is 8.08. The van der Waals surface area contributed by atoms with Crippen LogP contribution in [0.4, 0.5) is 13.2 Å². The summed E-state index contributed by atoms with van der Waals surface area (Å²) in [5.74, 6) is 0. The maximum atomic E-state index is 13.3. The average Bonchev–Trinajstić information content (AvgIpc) is 3.17. The highest BCUT2D eigenvalue weighted by molar-refractivity contribution is 7.99. The van der Waals surface area contributed by atoms with Crippen LogP contribution in [-0.4, -0.2) is 21.0 Å². The molecule has 0 spiro atoms. The molecule has 0 fully saturated rings. The van der Waals surface area contributed by atoms with Crippen molar-refractivity contribution in [3.8, 4) is 0 Å². The monoisotopic (exact) mass is 432 g/mol. The van der Waals surface area contributed by atoms with E-state index in [1.54, 1.807) is 24.3 Å². The summed E-state index contributed by atoms with van der Waals surface area (Å²) in [7, 11) is 1.46. The summed E-state index contributed by atoms with van der Waals surface area (Å²) in [4.78, 5) is 10.4. The normalized spacial score (nSPS) is 12.0. The Balaban J connectivity index is 1.85. The van der Waals surface area contributed by atoms with E-state index in [1.807, 2.05) is 6.07 Å². The van der Waals surface area contributed by atoms with E-state index in [9.17, 15) is 13.2 Å². The maximum absolute atomic E-state index is 13.3. The number of benzene rings is 1. The van der Waals surface area contributed by atoms with Crippen molar-refractivity contribution in [3.63, 3.8) is 0 Å². The van der Waals surface area contributed by atoms with Crippen molar-refractivity contribution in [1.29, 1.82) is 0 Å². The number of thiazole rings is 1. The SMILES string of the molecule is Cn1nc(C(F)(F)F)c(/C=N/OCc2cnc(Cl)s2)c1Sc1ccccc1. The van der Waals surface area contributed by atoms with E-state index in [0.717, 1.165) is 22.9 Å². The Hall–Kier alpha value is -2.04. The van der Waals surface area contributed by atoms with Gasteiger partial charge in [0.25, 0.3) is 0 Å². The van der Waals surface area contributed by atoms with Crippen LogP contribution in [0.2, 0.25) is 4.47 Å². The van der Waals surface area contributed by atoms with Crippen molar-refractivity contribution >= 4 is 40.9 Å². The highest BCUT2D eigenvalue weighted by Crippen LogP contribution is 2.37. The molecule has 0 bridgehead atoms. The second-order valence-corrected chi connectivity index (χ2v) is 7.95. The lowest BCUT2D eigenvalue weighted by atomic mass is 10.2. The van der Waals surface area contributed by atoms with E-state index in [2.05, 4.69) is 15.2 Å². The molecule has 3 rings (SSSR count). The van der Waals surface area contributed by atoms with Gasteiger partial charge in [-0.15, -0.1) is 11.3 Å². The number of aromatic nitrogens is 3. The molecule has 0 unspecified atom stereocenters. The van der Waals surface area contributed by atoms with E-state index in [-0.39, 0.29) is 12.2 Å². The van der Waals surface area contributed by atoms with Gasteiger partial charge in [0.1, 0.15) is 5.03 Å². The molecule has 0 aliphatic heterocycles. The van der Waals surface area contributed by atoms with Gasteiger partial charge in [0.15, 0.2) is 16.8 Å². The molecule has 2 heterocycles. The van der Waals surface area contributed by atoms with E-state index >= 15 is 0 Å². The van der Waals surface area contributed by atoms with Gasteiger partial charge >= 0.3 is 6.18 Å². The number of oxime groups is 1. The van der Waals surface area contributed by atoms with Gasteiger partial charge in [0.2, 0.25) is 0 Å². The van der Waals surface area contributed by atoms with Gasteiger partial charge in [-0.25, -0.2) is 4.98 Å². The van der Waals surface area contributed by atoms with E-state index in [1.165, 1.54) is 29.3 Å². The predicted octanol–water partition coefficient (Wildman–Crippen LogP) is 5.25. The van der Waals surface area contributed by atoms with Crippen LogP contribution in [-0.2, 0) is 24.7 Å². The summed E-state index contributed by atoms with van der Waals surface area (Å²) in [5.41, 5.74) is -1.17. The molecular weight excluding hydrogens is 421 g/mol. The van der Waals surface area contributed by atoms with Crippen molar-refractivity contribution in [3.05, 3.63) is 57.1 Å². The minimum Gasteiger partial charge on any atom is -0.390 e.